The quantitative estimate of drug-likeness (QED) is 0.607. The zero-order valence-electron chi connectivity index (χ0n) is 10.1. The van der Waals surface area contributed by atoms with Crippen LogP contribution in [0.3, 0.4) is 0 Å². The van der Waals surface area contributed by atoms with Crippen LogP contribution in [0.5, 0.6) is 0 Å². The Morgan fingerprint density at radius 2 is 2.22 bits per heavy atom. The molecule has 1 saturated heterocycles. The third-order valence-electron chi connectivity index (χ3n) is 2.63. The third-order valence-corrected chi connectivity index (χ3v) is 2.63. The largest absolute Gasteiger partial charge is 0.457 e. The molecule has 0 atom stereocenters. The van der Waals surface area contributed by atoms with Crippen molar-refractivity contribution in [2.45, 2.75) is 0 Å². The molecule has 2 heterocycles. The Hall–Kier alpha value is -1.95. The molecule has 0 unspecified atom stereocenters. The summed E-state index contributed by atoms with van der Waals surface area (Å²) in [4.78, 5) is 13.6. The number of hydrogen-bond acceptors (Lipinski definition) is 6. The standard InChI is InChI=1S/C12H16N4O2/c1-2-9-18-12(17)10-3-4-11(15-14-10)16-7-5-13-6-8-16/h2-4,13H,1,5-9H2. The number of ether oxygens (including phenoxy) is 1. The number of nitrogens with zero attached hydrogens (tertiary/aromatic N) is 3. The lowest BCUT2D eigenvalue weighted by molar-refractivity contribution is 0.0541. The summed E-state index contributed by atoms with van der Waals surface area (Å²) < 4.78 is 4.88. The summed E-state index contributed by atoms with van der Waals surface area (Å²) in [5, 5.41) is 11.2. The fraction of sp³-hybridized carbons (Fsp3) is 0.417. The topological polar surface area (TPSA) is 67.3 Å². The number of carbonyl (C=O) groups excluding carboxylic acids is 1. The minimum atomic E-state index is -0.478. The summed E-state index contributed by atoms with van der Waals surface area (Å²) in [7, 11) is 0. The molecule has 0 saturated carbocycles. The van der Waals surface area contributed by atoms with Gasteiger partial charge in [0.1, 0.15) is 6.61 Å². The summed E-state index contributed by atoms with van der Waals surface area (Å²) in [6.45, 7) is 7.32. The van der Waals surface area contributed by atoms with Gasteiger partial charge in [0.25, 0.3) is 0 Å². The van der Waals surface area contributed by atoms with Crippen LogP contribution >= 0.6 is 0 Å². The van der Waals surface area contributed by atoms with Gasteiger partial charge in [0.05, 0.1) is 0 Å². The Kier molecular flexibility index (Phi) is 4.25. The fourth-order valence-electron chi connectivity index (χ4n) is 1.71. The SMILES string of the molecule is C=CCOC(=O)c1ccc(N2CCNCC2)nn1. The van der Waals surface area contributed by atoms with E-state index in [1.54, 1.807) is 12.1 Å². The summed E-state index contributed by atoms with van der Waals surface area (Å²) in [6, 6.07) is 3.43. The predicted octanol–water partition coefficient (Wildman–Crippen LogP) is 0.229. The molecule has 0 radical (unpaired) electrons. The number of rotatable bonds is 4. The second-order valence-electron chi connectivity index (χ2n) is 3.90. The molecule has 0 aromatic carbocycles. The summed E-state index contributed by atoms with van der Waals surface area (Å²) >= 11 is 0. The minimum absolute atomic E-state index is 0.181. The lowest BCUT2D eigenvalue weighted by Crippen LogP contribution is -2.44. The van der Waals surface area contributed by atoms with Crippen molar-refractivity contribution >= 4 is 11.8 Å². The van der Waals surface area contributed by atoms with E-state index in [4.69, 9.17) is 4.74 Å². The molecule has 1 N–H and O–H groups in total. The van der Waals surface area contributed by atoms with Crippen molar-refractivity contribution in [1.82, 2.24) is 15.5 Å². The van der Waals surface area contributed by atoms with Gasteiger partial charge in [-0.3, -0.25) is 0 Å². The van der Waals surface area contributed by atoms with Crippen LogP contribution in [-0.2, 0) is 4.74 Å². The van der Waals surface area contributed by atoms with E-state index in [-0.39, 0.29) is 12.3 Å². The average molecular weight is 248 g/mol. The molecule has 6 heteroatoms. The molecule has 6 nitrogen and oxygen atoms in total. The second kappa shape index (κ2) is 6.11. The third kappa shape index (κ3) is 3.04. The van der Waals surface area contributed by atoms with E-state index in [0.29, 0.717) is 0 Å². The zero-order valence-corrected chi connectivity index (χ0v) is 10.1. The maximum absolute atomic E-state index is 11.5. The first-order valence-electron chi connectivity index (χ1n) is 5.88. The van der Waals surface area contributed by atoms with Crippen LogP contribution in [-0.4, -0.2) is 49.0 Å². The monoisotopic (exact) mass is 248 g/mol. The zero-order chi connectivity index (χ0) is 12.8. The Morgan fingerprint density at radius 3 is 2.83 bits per heavy atom. The predicted molar refractivity (Wildman–Crippen MR) is 67.6 cm³/mol. The number of carbonyl (C=O) groups is 1. The highest BCUT2D eigenvalue weighted by molar-refractivity contribution is 5.87. The van der Waals surface area contributed by atoms with Gasteiger partial charge in [-0.1, -0.05) is 12.7 Å². The lowest BCUT2D eigenvalue weighted by Gasteiger charge is -2.27. The number of aromatic nitrogens is 2. The number of esters is 1. The molecule has 1 aromatic rings. The number of hydrogen-bond donors (Lipinski definition) is 1. The van der Waals surface area contributed by atoms with Crippen LogP contribution in [0, 0.1) is 0 Å². The van der Waals surface area contributed by atoms with Crippen molar-refractivity contribution in [3.63, 3.8) is 0 Å². The van der Waals surface area contributed by atoms with Gasteiger partial charge in [0.2, 0.25) is 0 Å². The molecule has 1 aliphatic heterocycles. The van der Waals surface area contributed by atoms with Gasteiger partial charge in [-0.25, -0.2) is 4.79 Å². The molecule has 1 aliphatic rings. The molecule has 1 fully saturated rings. The highest BCUT2D eigenvalue weighted by Crippen LogP contribution is 2.10. The van der Waals surface area contributed by atoms with Gasteiger partial charge in [-0.15, -0.1) is 10.2 Å². The van der Waals surface area contributed by atoms with Crippen molar-refractivity contribution in [2.24, 2.45) is 0 Å². The normalized spacial score (nSPS) is 15.2. The number of piperazine rings is 1. The maximum Gasteiger partial charge on any atom is 0.359 e. The molecule has 0 spiro atoms. The van der Waals surface area contributed by atoms with Crippen LogP contribution in [0.4, 0.5) is 5.82 Å². The van der Waals surface area contributed by atoms with Gasteiger partial charge in [0, 0.05) is 26.2 Å². The first kappa shape index (κ1) is 12.5. The van der Waals surface area contributed by atoms with E-state index in [1.807, 2.05) is 0 Å². The van der Waals surface area contributed by atoms with Crippen molar-refractivity contribution in [3.05, 3.63) is 30.5 Å². The first-order chi connectivity index (χ1) is 8.81. The fourth-order valence-corrected chi connectivity index (χ4v) is 1.71. The van der Waals surface area contributed by atoms with Gasteiger partial charge in [0.15, 0.2) is 11.5 Å². The molecule has 0 aliphatic carbocycles. The van der Waals surface area contributed by atoms with Gasteiger partial charge in [-0.2, -0.15) is 0 Å². The molecule has 0 amide bonds. The molecule has 2 rings (SSSR count). The number of nitrogens with one attached hydrogen (secondary N) is 1. The maximum atomic E-state index is 11.5. The van der Waals surface area contributed by atoms with E-state index in [0.717, 1.165) is 32.0 Å². The Balaban J connectivity index is 2.00. The van der Waals surface area contributed by atoms with E-state index < -0.39 is 5.97 Å². The highest BCUT2D eigenvalue weighted by atomic mass is 16.5. The van der Waals surface area contributed by atoms with Crippen molar-refractivity contribution < 1.29 is 9.53 Å². The minimum Gasteiger partial charge on any atom is -0.457 e. The van der Waals surface area contributed by atoms with Gasteiger partial charge in [-0.05, 0) is 12.1 Å². The van der Waals surface area contributed by atoms with Crippen LogP contribution in [0.1, 0.15) is 10.5 Å². The smallest absolute Gasteiger partial charge is 0.359 e. The van der Waals surface area contributed by atoms with Crippen molar-refractivity contribution in [3.8, 4) is 0 Å². The highest BCUT2D eigenvalue weighted by Gasteiger charge is 2.14. The van der Waals surface area contributed by atoms with E-state index in [1.165, 1.54) is 6.08 Å². The average Bonchev–Trinajstić information content (AvgIpc) is 2.46. The second-order valence-corrected chi connectivity index (χ2v) is 3.90. The summed E-state index contributed by atoms with van der Waals surface area (Å²) in [5.41, 5.74) is 0.218. The molecule has 96 valence electrons. The van der Waals surface area contributed by atoms with Crippen molar-refractivity contribution in [2.75, 3.05) is 37.7 Å². The Labute approximate surface area is 106 Å². The van der Waals surface area contributed by atoms with Crippen LogP contribution in [0.15, 0.2) is 24.8 Å². The first-order valence-corrected chi connectivity index (χ1v) is 5.88. The van der Waals surface area contributed by atoms with Crippen LogP contribution in [0.2, 0.25) is 0 Å². The van der Waals surface area contributed by atoms with Crippen LogP contribution < -0.4 is 10.2 Å². The Bertz CT molecular complexity index is 413. The van der Waals surface area contributed by atoms with Crippen molar-refractivity contribution in [1.29, 1.82) is 0 Å². The summed E-state index contributed by atoms with van der Waals surface area (Å²) in [5.74, 6) is 0.311. The molecule has 18 heavy (non-hydrogen) atoms. The van der Waals surface area contributed by atoms with E-state index in [2.05, 4.69) is 27.0 Å². The Morgan fingerprint density at radius 1 is 1.44 bits per heavy atom. The van der Waals surface area contributed by atoms with E-state index in [9.17, 15) is 4.79 Å². The van der Waals surface area contributed by atoms with Gasteiger partial charge < -0.3 is 15.0 Å². The van der Waals surface area contributed by atoms with E-state index >= 15 is 0 Å². The van der Waals surface area contributed by atoms with Crippen LogP contribution in [0.25, 0.3) is 0 Å². The summed E-state index contributed by atoms with van der Waals surface area (Å²) in [6.07, 6.45) is 1.51. The molecular weight excluding hydrogens is 232 g/mol. The van der Waals surface area contributed by atoms with Gasteiger partial charge >= 0.3 is 5.97 Å². The lowest BCUT2D eigenvalue weighted by atomic mass is 10.3. The number of anilines is 1. The molecular formula is C12H16N4O2. The molecule has 0 bridgehead atoms. The molecule has 1 aromatic heterocycles.